The number of hydrogen-bond donors (Lipinski definition) is 1. The monoisotopic (exact) mass is 563 g/mol. The summed E-state index contributed by atoms with van der Waals surface area (Å²) in [4.78, 5) is 25.1. The lowest BCUT2D eigenvalue weighted by molar-refractivity contribution is -0.139. The van der Waals surface area contributed by atoms with E-state index in [1.54, 1.807) is 23.1 Å². The highest BCUT2D eigenvalue weighted by Gasteiger charge is 2.35. The van der Waals surface area contributed by atoms with Gasteiger partial charge in [-0.25, -0.2) is 13.2 Å². The number of piperidine rings is 1. The Hall–Kier alpha value is -3.31. The number of likely N-dealkylation sites (tertiary alicyclic amines) is 1. The van der Waals surface area contributed by atoms with Gasteiger partial charge < -0.3 is 10.0 Å². The zero-order chi connectivity index (χ0) is 27.5. The van der Waals surface area contributed by atoms with Gasteiger partial charge in [-0.1, -0.05) is 18.2 Å². The highest BCUT2D eigenvalue weighted by molar-refractivity contribution is 7.99. The molecule has 1 saturated heterocycles. The first-order valence-electron chi connectivity index (χ1n) is 11.7. The van der Waals surface area contributed by atoms with E-state index in [0.29, 0.717) is 37.2 Å². The van der Waals surface area contributed by atoms with E-state index < -0.39 is 27.5 Å². The van der Waals surface area contributed by atoms with Gasteiger partial charge in [0.15, 0.2) is 0 Å². The number of alkyl halides is 3. The molecule has 0 aliphatic carbocycles. The number of thioether (sulfide) groups is 1. The average molecular weight is 564 g/mol. The maximum atomic E-state index is 13.7. The molecule has 0 aromatic heterocycles. The summed E-state index contributed by atoms with van der Waals surface area (Å²) in [5, 5.41) is 9.00. The molecule has 0 atom stereocenters. The first-order chi connectivity index (χ1) is 18.0. The third-order valence-corrected chi connectivity index (χ3v) is 9.43. The van der Waals surface area contributed by atoms with Gasteiger partial charge in [0.25, 0.3) is 5.91 Å². The molecule has 0 bridgehead atoms. The number of amides is 1. The van der Waals surface area contributed by atoms with E-state index in [9.17, 15) is 31.2 Å². The summed E-state index contributed by atoms with van der Waals surface area (Å²) in [6, 6.07) is 16.1. The molecule has 1 heterocycles. The maximum Gasteiger partial charge on any atom is 0.417 e. The van der Waals surface area contributed by atoms with Gasteiger partial charge >= 0.3 is 12.1 Å². The minimum absolute atomic E-state index is 0.00495. The molecule has 6 nitrogen and oxygen atoms in total. The Morgan fingerprint density at radius 2 is 1.50 bits per heavy atom. The first-order valence-corrected chi connectivity index (χ1v) is 14.2. The molecule has 4 rings (SSSR count). The number of aromatic carboxylic acids is 1. The molecule has 1 fully saturated rings. The van der Waals surface area contributed by atoms with E-state index in [2.05, 4.69) is 0 Å². The number of carbonyl (C=O) groups excluding carboxylic acids is 1. The van der Waals surface area contributed by atoms with E-state index in [4.69, 9.17) is 5.11 Å². The second-order valence-corrected chi connectivity index (χ2v) is 11.9. The van der Waals surface area contributed by atoms with Crippen molar-refractivity contribution in [1.29, 1.82) is 0 Å². The number of rotatable bonds is 7. The smallest absolute Gasteiger partial charge is 0.417 e. The summed E-state index contributed by atoms with van der Waals surface area (Å²) in [7, 11) is -3.98. The van der Waals surface area contributed by atoms with Gasteiger partial charge in [-0.3, -0.25) is 4.79 Å². The van der Waals surface area contributed by atoms with Crippen LogP contribution in [0.4, 0.5) is 13.2 Å². The van der Waals surface area contributed by atoms with Gasteiger partial charge in [-0.2, -0.15) is 13.2 Å². The quantitative estimate of drug-likeness (QED) is 0.361. The summed E-state index contributed by atoms with van der Waals surface area (Å²) in [5.41, 5.74) is -0.433. The molecule has 38 heavy (non-hydrogen) atoms. The summed E-state index contributed by atoms with van der Waals surface area (Å²) in [6.07, 6.45) is -3.48. The number of carboxylic acid groups (broad SMARTS) is 1. The van der Waals surface area contributed by atoms with Crippen molar-refractivity contribution in [2.24, 2.45) is 5.92 Å². The van der Waals surface area contributed by atoms with Gasteiger partial charge in [-0.05, 0) is 73.4 Å². The molecule has 3 aromatic rings. The van der Waals surface area contributed by atoms with E-state index >= 15 is 0 Å². The fourth-order valence-corrected chi connectivity index (χ4v) is 6.89. The van der Waals surface area contributed by atoms with Crippen LogP contribution in [0, 0.1) is 5.92 Å². The van der Waals surface area contributed by atoms with Crippen LogP contribution in [0.25, 0.3) is 0 Å². The lowest BCUT2D eigenvalue weighted by Crippen LogP contribution is -2.39. The zero-order valence-corrected chi connectivity index (χ0v) is 21.7. The van der Waals surface area contributed by atoms with Crippen molar-refractivity contribution in [1.82, 2.24) is 4.90 Å². The van der Waals surface area contributed by atoms with Gasteiger partial charge in [0.05, 0.1) is 20.9 Å². The average Bonchev–Trinajstić information content (AvgIpc) is 2.91. The number of carboxylic acids is 1. The van der Waals surface area contributed by atoms with Gasteiger partial charge in [0.2, 0.25) is 9.84 Å². The third-order valence-electron chi connectivity index (χ3n) is 6.38. The molecular weight excluding hydrogens is 539 g/mol. The zero-order valence-electron chi connectivity index (χ0n) is 20.0. The Morgan fingerprint density at radius 1 is 0.895 bits per heavy atom. The first kappa shape index (κ1) is 27.7. The van der Waals surface area contributed by atoms with E-state index in [-0.39, 0.29) is 32.1 Å². The topological polar surface area (TPSA) is 91.8 Å². The van der Waals surface area contributed by atoms with E-state index in [1.165, 1.54) is 36.4 Å². The van der Waals surface area contributed by atoms with Crippen molar-refractivity contribution in [2.45, 2.75) is 33.7 Å². The fourth-order valence-electron chi connectivity index (χ4n) is 4.21. The normalized spacial score (nSPS) is 14.9. The van der Waals surface area contributed by atoms with Crippen molar-refractivity contribution in [3.8, 4) is 0 Å². The predicted molar refractivity (Wildman–Crippen MR) is 136 cm³/mol. The minimum Gasteiger partial charge on any atom is -0.478 e. The second-order valence-electron chi connectivity index (χ2n) is 8.90. The van der Waals surface area contributed by atoms with Crippen LogP contribution in [0.3, 0.4) is 0 Å². The number of sulfone groups is 1. The van der Waals surface area contributed by atoms with Gasteiger partial charge in [-0.15, -0.1) is 11.8 Å². The van der Waals surface area contributed by atoms with Crippen LogP contribution in [0.15, 0.2) is 87.5 Å². The summed E-state index contributed by atoms with van der Waals surface area (Å²) < 4.78 is 67.0. The molecule has 3 aromatic carbocycles. The Bertz CT molecular complexity index is 1420. The molecule has 0 spiro atoms. The Morgan fingerprint density at radius 3 is 2.08 bits per heavy atom. The van der Waals surface area contributed by atoms with Crippen molar-refractivity contribution in [3.05, 3.63) is 89.5 Å². The number of carbonyl (C=O) groups is 2. The molecule has 1 N–H and O–H groups in total. The number of benzene rings is 3. The Labute approximate surface area is 222 Å². The molecule has 1 aliphatic rings. The molecule has 11 heteroatoms. The van der Waals surface area contributed by atoms with Crippen LogP contribution in [0.5, 0.6) is 0 Å². The molecule has 1 aliphatic heterocycles. The van der Waals surface area contributed by atoms with Gasteiger partial charge in [0.1, 0.15) is 0 Å². The predicted octanol–water partition coefficient (Wildman–Crippen LogP) is 5.88. The van der Waals surface area contributed by atoms with Crippen LogP contribution in [0.1, 0.15) is 39.1 Å². The number of nitrogens with zero attached hydrogens (tertiary/aromatic N) is 1. The molecule has 0 saturated carbocycles. The Balaban J connectivity index is 1.43. The van der Waals surface area contributed by atoms with E-state index in [0.717, 1.165) is 30.0 Å². The second kappa shape index (κ2) is 11.2. The van der Waals surface area contributed by atoms with E-state index in [1.807, 2.05) is 0 Å². The minimum atomic E-state index is -4.64. The maximum absolute atomic E-state index is 13.7. The molecule has 200 valence electrons. The largest absolute Gasteiger partial charge is 0.478 e. The van der Waals surface area contributed by atoms with Crippen molar-refractivity contribution in [3.63, 3.8) is 0 Å². The van der Waals surface area contributed by atoms with Crippen LogP contribution < -0.4 is 0 Å². The summed E-state index contributed by atoms with van der Waals surface area (Å²) in [5.74, 6) is -0.938. The molecule has 1 amide bonds. The van der Waals surface area contributed by atoms with Crippen molar-refractivity contribution < 1.29 is 36.3 Å². The highest BCUT2D eigenvalue weighted by Crippen LogP contribution is 2.40. The van der Waals surface area contributed by atoms with Gasteiger partial charge in [0, 0.05) is 29.3 Å². The highest BCUT2D eigenvalue weighted by atomic mass is 32.2. The fraction of sp³-hybridized carbons (Fsp3) is 0.259. The lowest BCUT2D eigenvalue weighted by atomic mass is 9.98. The SMILES string of the molecule is O=C(O)c1ccc(C(=O)N2CCC(CSc3cc(S(=O)(=O)c4ccccc4)ccc3C(F)(F)F)CC2)cc1. The Kier molecular flexibility index (Phi) is 8.17. The molecule has 0 radical (unpaired) electrons. The van der Waals surface area contributed by atoms with Crippen LogP contribution in [-0.2, 0) is 16.0 Å². The van der Waals surface area contributed by atoms with Crippen LogP contribution in [-0.4, -0.2) is 49.1 Å². The van der Waals surface area contributed by atoms with Crippen molar-refractivity contribution in [2.75, 3.05) is 18.8 Å². The lowest BCUT2D eigenvalue weighted by Gasteiger charge is -2.32. The van der Waals surface area contributed by atoms with Crippen molar-refractivity contribution >= 4 is 33.5 Å². The summed E-state index contributed by atoms with van der Waals surface area (Å²) in [6.45, 7) is 0.832. The third kappa shape index (κ3) is 6.21. The standard InChI is InChI=1S/C27H24F3NO5S2/c28-27(29,30)23-11-10-22(38(35,36)21-4-2-1-3-5-21)16-24(23)37-17-18-12-14-31(15-13-18)25(32)19-6-8-20(9-7-19)26(33)34/h1-11,16,18H,12-15,17H2,(H,33,34). The molecule has 0 unspecified atom stereocenters. The van der Waals surface area contributed by atoms with Crippen LogP contribution >= 0.6 is 11.8 Å². The van der Waals surface area contributed by atoms with Crippen LogP contribution in [0.2, 0.25) is 0 Å². The number of hydrogen-bond acceptors (Lipinski definition) is 5. The summed E-state index contributed by atoms with van der Waals surface area (Å²) >= 11 is 0.973. The molecular formula is C27H24F3NO5S2. The number of halogens is 3.